The number of allylic oxidation sites excluding steroid dienone is 1. The Balaban J connectivity index is 1.64. The molecule has 0 saturated heterocycles. The maximum absolute atomic E-state index is 11.6. The van der Waals surface area contributed by atoms with Crippen molar-refractivity contribution in [2.45, 2.75) is 71.4 Å². The molecule has 4 bridgehead atoms. The monoisotopic (exact) mass is 493 g/mol. The minimum Gasteiger partial charge on any atom is -0.477 e. The van der Waals surface area contributed by atoms with Gasteiger partial charge in [0.1, 0.15) is 11.3 Å². The standard InChI is InChI=1S/C26H35N7O3/c1-16(2)13-35-21-9-20(32-33(21)6-5-25(3,4)14-27)23(30-15-28)31-22-18-7-17-8-19(22)12-26(10-17,11-18)36-24(29)34/h5-6,9,16-19,22H,7-8,10-13H2,1-4H3,(H2,29,34)(H,30,31). The van der Waals surface area contributed by atoms with Crippen LogP contribution in [0.2, 0.25) is 0 Å². The molecular formula is C26H35N7O3. The number of nitrogens with zero attached hydrogens (tertiary/aromatic N) is 5. The van der Waals surface area contributed by atoms with Crippen molar-refractivity contribution in [3.63, 3.8) is 0 Å². The summed E-state index contributed by atoms with van der Waals surface area (Å²) in [6.45, 7) is 8.24. The number of hydrogen-bond donors (Lipinski definition) is 2. The van der Waals surface area contributed by atoms with Crippen molar-refractivity contribution in [3.8, 4) is 18.1 Å². The molecule has 3 N–H and O–H groups in total. The molecule has 36 heavy (non-hydrogen) atoms. The second-order valence-electron chi connectivity index (χ2n) is 11.4. The third-order valence-corrected chi connectivity index (χ3v) is 7.37. The predicted molar refractivity (Wildman–Crippen MR) is 133 cm³/mol. The van der Waals surface area contributed by atoms with Gasteiger partial charge < -0.3 is 15.2 Å². The molecule has 4 fully saturated rings. The Labute approximate surface area is 212 Å². The molecule has 1 aromatic heterocycles. The van der Waals surface area contributed by atoms with E-state index in [1.54, 1.807) is 23.0 Å². The Kier molecular flexibility index (Phi) is 6.99. The lowest BCUT2D eigenvalue weighted by atomic mass is 9.52. The number of ether oxygens (including phenoxy) is 2. The van der Waals surface area contributed by atoms with E-state index >= 15 is 0 Å². The van der Waals surface area contributed by atoms with E-state index < -0.39 is 17.1 Å². The summed E-state index contributed by atoms with van der Waals surface area (Å²) in [7, 11) is 0. The SMILES string of the molecule is CC(C)COc1cc(C(=NC2C3CC4CC2CC(OC(N)=O)(C4)C3)NC#N)nn1C=CC(C)(C)C#N. The largest absolute Gasteiger partial charge is 0.477 e. The van der Waals surface area contributed by atoms with Gasteiger partial charge in [0.15, 0.2) is 12.0 Å². The van der Waals surface area contributed by atoms with Gasteiger partial charge in [0.25, 0.3) is 0 Å². The van der Waals surface area contributed by atoms with Crippen LogP contribution < -0.4 is 15.8 Å². The summed E-state index contributed by atoms with van der Waals surface area (Å²) >= 11 is 0. The quantitative estimate of drug-likeness (QED) is 0.242. The third-order valence-electron chi connectivity index (χ3n) is 7.37. The van der Waals surface area contributed by atoms with Gasteiger partial charge in [-0.2, -0.15) is 15.6 Å². The van der Waals surface area contributed by atoms with Gasteiger partial charge in [-0.3, -0.25) is 10.3 Å². The van der Waals surface area contributed by atoms with Crippen molar-refractivity contribution in [2.75, 3.05) is 6.61 Å². The number of nitriles is 2. The van der Waals surface area contributed by atoms with Gasteiger partial charge >= 0.3 is 6.09 Å². The van der Waals surface area contributed by atoms with Gasteiger partial charge in [-0.05, 0) is 75.7 Å². The van der Waals surface area contributed by atoms with Gasteiger partial charge in [0.2, 0.25) is 5.88 Å². The fourth-order valence-corrected chi connectivity index (χ4v) is 6.09. The van der Waals surface area contributed by atoms with Crippen LogP contribution in [-0.4, -0.2) is 40.0 Å². The molecule has 10 nitrogen and oxygen atoms in total. The van der Waals surface area contributed by atoms with Crippen LogP contribution in [0, 0.1) is 51.9 Å². The van der Waals surface area contributed by atoms with E-state index in [-0.39, 0.29) is 17.9 Å². The maximum atomic E-state index is 11.6. The number of hydrogen-bond acceptors (Lipinski definition) is 7. The van der Waals surface area contributed by atoms with Crippen LogP contribution in [0.1, 0.15) is 65.5 Å². The first-order chi connectivity index (χ1) is 17.0. The Hall–Kier alpha value is -3.53. The number of aromatic nitrogens is 2. The molecule has 1 aromatic rings. The fourth-order valence-electron chi connectivity index (χ4n) is 6.09. The molecular weight excluding hydrogens is 458 g/mol. The van der Waals surface area contributed by atoms with Crippen LogP contribution in [-0.2, 0) is 4.74 Å². The van der Waals surface area contributed by atoms with Crippen LogP contribution in [0.4, 0.5) is 4.79 Å². The van der Waals surface area contributed by atoms with Crippen LogP contribution in [0.5, 0.6) is 5.88 Å². The van der Waals surface area contributed by atoms with E-state index in [1.165, 1.54) is 0 Å². The number of rotatable bonds is 8. The lowest BCUT2D eigenvalue weighted by molar-refractivity contribution is -0.133. The number of nitrogens with two attached hydrogens (primary N) is 1. The first kappa shape index (κ1) is 25.6. The summed E-state index contributed by atoms with van der Waals surface area (Å²) in [5.74, 6) is 2.22. The average Bonchev–Trinajstić information content (AvgIpc) is 3.20. The first-order valence-electron chi connectivity index (χ1n) is 12.6. The molecule has 0 aliphatic heterocycles. The molecule has 2 unspecified atom stereocenters. The van der Waals surface area contributed by atoms with E-state index in [9.17, 15) is 15.3 Å². The minimum absolute atomic E-state index is 0.000230. The van der Waals surface area contributed by atoms with E-state index in [1.807, 2.05) is 20.0 Å². The molecule has 5 rings (SSSR count). The molecule has 0 radical (unpaired) electrons. The maximum Gasteiger partial charge on any atom is 0.405 e. The van der Waals surface area contributed by atoms with Gasteiger partial charge in [0, 0.05) is 12.3 Å². The third kappa shape index (κ3) is 5.48. The fraction of sp³-hybridized carbons (Fsp3) is 0.654. The highest BCUT2D eigenvalue weighted by molar-refractivity contribution is 5.98. The minimum atomic E-state index is -0.712. The number of amidine groups is 1. The highest BCUT2D eigenvalue weighted by atomic mass is 16.6. The molecule has 4 aliphatic rings. The summed E-state index contributed by atoms with van der Waals surface area (Å²) < 4.78 is 13.2. The summed E-state index contributed by atoms with van der Waals surface area (Å²) in [5.41, 5.74) is 4.73. The smallest absolute Gasteiger partial charge is 0.405 e. The summed E-state index contributed by atoms with van der Waals surface area (Å²) in [4.78, 5) is 16.6. The molecule has 4 saturated carbocycles. The number of aliphatic imine (C=N–C) groups is 1. The molecule has 0 spiro atoms. The van der Waals surface area contributed by atoms with Crippen molar-refractivity contribution in [1.82, 2.24) is 15.1 Å². The van der Waals surface area contributed by atoms with Crippen LogP contribution in [0.25, 0.3) is 6.20 Å². The van der Waals surface area contributed by atoms with Crippen LogP contribution >= 0.6 is 0 Å². The predicted octanol–water partition coefficient (Wildman–Crippen LogP) is 3.80. The van der Waals surface area contributed by atoms with Gasteiger partial charge in [-0.25, -0.2) is 9.48 Å². The Morgan fingerprint density at radius 3 is 2.64 bits per heavy atom. The number of primary amides is 1. The molecule has 1 amide bonds. The number of carbonyl (C=O) groups excluding carboxylic acids is 1. The van der Waals surface area contributed by atoms with E-state index in [4.69, 9.17) is 20.2 Å². The molecule has 1 heterocycles. The van der Waals surface area contributed by atoms with E-state index in [0.717, 1.165) is 32.1 Å². The Bertz CT molecular complexity index is 1120. The van der Waals surface area contributed by atoms with Gasteiger partial charge in [-0.1, -0.05) is 13.8 Å². The lowest BCUT2D eigenvalue weighted by Gasteiger charge is -2.57. The zero-order valence-corrected chi connectivity index (χ0v) is 21.4. The normalized spacial score (nSPS) is 29.2. The summed E-state index contributed by atoms with van der Waals surface area (Å²) in [5, 5.41) is 26.2. The Morgan fingerprint density at radius 1 is 1.36 bits per heavy atom. The number of nitrogens with one attached hydrogen (secondary N) is 1. The highest BCUT2D eigenvalue weighted by Crippen LogP contribution is 2.58. The van der Waals surface area contributed by atoms with Crippen molar-refractivity contribution < 1.29 is 14.3 Å². The van der Waals surface area contributed by atoms with Crippen LogP contribution in [0.3, 0.4) is 0 Å². The highest BCUT2D eigenvalue weighted by Gasteiger charge is 2.57. The van der Waals surface area contributed by atoms with E-state index in [2.05, 4.69) is 30.3 Å². The zero-order valence-electron chi connectivity index (χ0n) is 21.4. The van der Waals surface area contributed by atoms with Crippen LogP contribution in [0.15, 0.2) is 17.1 Å². The topological polar surface area (TPSA) is 151 Å². The summed E-state index contributed by atoms with van der Waals surface area (Å²) in [6.07, 6.45) is 9.15. The molecule has 2 atom stereocenters. The molecule has 192 valence electrons. The van der Waals surface area contributed by atoms with Crippen molar-refractivity contribution in [1.29, 1.82) is 10.5 Å². The van der Waals surface area contributed by atoms with Crippen molar-refractivity contribution in [3.05, 3.63) is 17.8 Å². The second-order valence-corrected chi connectivity index (χ2v) is 11.4. The molecule has 4 aliphatic carbocycles. The van der Waals surface area contributed by atoms with Crippen molar-refractivity contribution >= 4 is 18.1 Å². The molecule has 0 aromatic carbocycles. The first-order valence-corrected chi connectivity index (χ1v) is 12.6. The second kappa shape index (κ2) is 9.85. The van der Waals surface area contributed by atoms with Gasteiger partial charge in [-0.15, -0.1) is 0 Å². The number of carbonyl (C=O) groups is 1. The Morgan fingerprint density at radius 2 is 2.06 bits per heavy atom. The number of amides is 1. The van der Waals surface area contributed by atoms with Gasteiger partial charge in [0.05, 0.1) is 24.1 Å². The lowest BCUT2D eigenvalue weighted by Crippen LogP contribution is -2.58. The van der Waals surface area contributed by atoms with E-state index in [0.29, 0.717) is 35.9 Å². The zero-order chi connectivity index (χ0) is 26.1. The van der Waals surface area contributed by atoms with Crippen molar-refractivity contribution in [2.24, 2.45) is 39.8 Å². The summed E-state index contributed by atoms with van der Waals surface area (Å²) in [6, 6.07) is 4.01. The molecule has 10 heteroatoms. The average molecular weight is 494 g/mol.